The first kappa shape index (κ1) is 17.3. The van der Waals surface area contributed by atoms with E-state index >= 15 is 0 Å². The van der Waals surface area contributed by atoms with Gasteiger partial charge in [0.2, 0.25) is 5.88 Å². The minimum atomic E-state index is -0.433. The van der Waals surface area contributed by atoms with Crippen LogP contribution in [0.1, 0.15) is 37.2 Å². The van der Waals surface area contributed by atoms with Crippen molar-refractivity contribution in [1.82, 2.24) is 4.98 Å². The van der Waals surface area contributed by atoms with Gasteiger partial charge in [0.05, 0.1) is 19.0 Å². The van der Waals surface area contributed by atoms with E-state index in [1.54, 1.807) is 24.3 Å². The van der Waals surface area contributed by atoms with E-state index in [1.165, 1.54) is 5.56 Å². The van der Waals surface area contributed by atoms with E-state index in [-0.39, 0.29) is 0 Å². The van der Waals surface area contributed by atoms with E-state index in [1.807, 2.05) is 6.07 Å². The molecule has 1 aromatic carbocycles. The molecule has 25 heavy (non-hydrogen) atoms. The third-order valence-corrected chi connectivity index (χ3v) is 5.07. The number of carbonyl (C=O) groups excluding carboxylic acids is 1. The number of rotatable bonds is 5. The molecule has 0 aliphatic heterocycles. The minimum absolute atomic E-state index is 0.433. The fourth-order valence-corrected chi connectivity index (χ4v) is 3.64. The van der Waals surface area contributed by atoms with Crippen LogP contribution in [0, 0.1) is 5.92 Å². The molecule has 2 amide bonds. The molecule has 132 valence electrons. The molecule has 5 nitrogen and oxygen atoms in total. The van der Waals surface area contributed by atoms with Gasteiger partial charge < -0.3 is 10.5 Å². The third kappa shape index (κ3) is 4.29. The van der Waals surface area contributed by atoms with E-state index in [9.17, 15) is 4.79 Å². The monoisotopic (exact) mass is 339 g/mol. The SMILES string of the molecule is COc1ccc(N(CC2CCC(c3ccccc3)CC2)C(N)=O)cn1. The van der Waals surface area contributed by atoms with Crippen molar-refractivity contribution < 1.29 is 9.53 Å². The smallest absolute Gasteiger partial charge is 0.319 e. The standard InChI is InChI=1S/C20H25N3O2/c1-25-19-12-11-18(13-22-19)23(20(21)24)14-15-7-9-17(10-8-15)16-5-3-2-4-6-16/h2-6,11-13,15,17H,7-10,14H2,1H3,(H2,21,24). The lowest BCUT2D eigenvalue weighted by molar-refractivity contribution is 0.250. The predicted molar refractivity (Wildman–Crippen MR) is 98.9 cm³/mol. The van der Waals surface area contributed by atoms with Crippen molar-refractivity contribution in [2.75, 3.05) is 18.6 Å². The van der Waals surface area contributed by atoms with Crippen molar-refractivity contribution in [2.45, 2.75) is 31.6 Å². The molecule has 1 aliphatic rings. The van der Waals surface area contributed by atoms with Gasteiger partial charge in [-0.15, -0.1) is 0 Å². The van der Waals surface area contributed by atoms with Crippen molar-refractivity contribution in [2.24, 2.45) is 11.7 Å². The zero-order valence-corrected chi connectivity index (χ0v) is 14.6. The van der Waals surface area contributed by atoms with Crippen molar-refractivity contribution in [3.63, 3.8) is 0 Å². The van der Waals surface area contributed by atoms with Gasteiger partial charge in [-0.05, 0) is 49.1 Å². The molecule has 1 fully saturated rings. The Morgan fingerprint density at radius 2 is 1.88 bits per heavy atom. The van der Waals surface area contributed by atoms with Crippen LogP contribution in [-0.2, 0) is 0 Å². The summed E-state index contributed by atoms with van der Waals surface area (Å²) in [6.07, 6.45) is 6.16. The summed E-state index contributed by atoms with van der Waals surface area (Å²) < 4.78 is 5.07. The number of hydrogen-bond acceptors (Lipinski definition) is 3. The predicted octanol–water partition coefficient (Wildman–Crippen LogP) is 3.95. The summed E-state index contributed by atoms with van der Waals surface area (Å²) in [5.41, 5.74) is 7.75. The Bertz CT molecular complexity index is 680. The molecular formula is C20H25N3O2. The molecule has 0 unspecified atom stereocenters. The van der Waals surface area contributed by atoms with Gasteiger partial charge in [0, 0.05) is 12.6 Å². The second-order valence-corrected chi connectivity index (χ2v) is 6.64. The largest absolute Gasteiger partial charge is 0.481 e. The molecule has 0 radical (unpaired) electrons. The fourth-order valence-electron chi connectivity index (χ4n) is 3.64. The van der Waals surface area contributed by atoms with Crippen LogP contribution in [0.4, 0.5) is 10.5 Å². The highest BCUT2D eigenvalue weighted by Crippen LogP contribution is 2.36. The summed E-state index contributed by atoms with van der Waals surface area (Å²) in [6.45, 7) is 0.644. The summed E-state index contributed by atoms with van der Waals surface area (Å²) in [6, 6.07) is 13.8. The van der Waals surface area contributed by atoms with Gasteiger partial charge in [0.25, 0.3) is 0 Å². The van der Waals surface area contributed by atoms with Crippen LogP contribution in [0.2, 0.25) is 0 Å². The molecule has 0 bridgehead atoms. The molecule has 1 aliphatic carbocycles. The number of benzene rings is 1. The van der Waals surface area contributed by atoms with Crippen LogP contribution in [-0.4, -0.2) is 24.7 Å². The van der Waals surface area contributed by atoms with E-state index in [4.69, 9.17) is 10.5 Å². The Balaban J connectivity index is 1.61. The minimum Gasteiger partial charge on any atom is -0.481 e. The molecule has 1 heterocycles. The number of carbonyl (C=O) groups is 1. The number of urea groups is 1. The topological polar surface area (TPSA) is 68.5 Å². The summed E-state index contributed by atoms with van der Waals surface area (Å²) in [5.74, 6) is 1.62. The number of pyridine rings is 1. The maximum absolute atomic E-state index is 11.9. The van der Waals surface area contributed by atoms with Crippen molar-refractivity contribution in [3.8, 4) is 5.88 Å². The lowest BCUT2D eigenvalue weighted by Gasteiger charge is -2.32. The Kier molecular flexibility index (Phi) is 5.53. The Morgan fingerprint density at radius 1 is 1.16 bits per heavy atom. The van der Waals surface area contributed by atoms with Crippen LogP contribution >= 0.6 is 0 Å². The third-order valence-electron chi connectivity index (χ3n) is 5.07. The molecule has 5 heteroatoms. The molecule has 1 saturated carbocycles. The van der Waals surface area contributed by atoms with Crippen LogP contribution in [0.15, 0.2) is 48.7 Å². The van der Waals surface area contributed by atoms with E-state index < -0.39 is 6.03 Å². The number of amides is 2. The number of primary amides is 1. The Labute approximate surface area is 148 Å². The second kappa shape index (κ2) is 8.01. The number of aromatic nitrogens is 1. The number of anilines is 1. The van der Waals surface area contributed by atoms with Gasteiger partial charge in [-0.3, -0.25) is 4.90 Å². The van der Waals surface area contributed by atoms with Crippen LogP contribution in [0.3, 0.4) is 0 Å². The fraction of sp³-hybridized carbons (Fsp3) is 0.400. The maximum atomic E-state index is 11.9. The van der Waals surface area contributed by atoms with Crippen molar-refractivity contribution in [3.05, 3.63) is 54.2 Å². The summed E-state index contributed by atoms with van der Waals surface area (Å²) in [4.78, 5) is 17.7. The van der Waals surface area contributed by atoms with Gasteiger partial charge >= 0.3 is 6.03 Å². The zero-order chi connectivity index (χ0) is 17.6. The van der Waals surface area contributed by atoms with E-state index in [2.05, 4.69) is 35.3 Å². The molecule has 0 spiro atoms. The molecule has 2 N–H and O–H groups in total. The number of nitrogens with two attached hydrogens (primary N) is 1. The van der Waals surface area contributed by atoms with Crippen molar-refractivity contribution >= 4 is 11.7 Å². The number of hydrogen-bond donors (Lipinski definition) is 1. The zero-order valence-electron chi connectivity index (χ0n) is 14.6. The van der Waals surface area contributed by atoms with Gasteiger partial charge in [-0.1, -0.05) is 30.3 Å². The molecular weight excluding hydrogens is 314 g/mol. The molecule has 2 aromatic rings. The van der Waals surface area contributed by atoms with Crippen molar-refractivity contribution in [1.29, 1.82) is 0 Å². The highest BCUT2D eigenvalue weighted by Gasteiger charge is 2.25. The molecule has 0 atom stereocenters. The lowest BCUT2D eigenvalue weighted by atomic mass is 9.78. The summed E-state index contributed by atoms with van der Waals surface area (Å²) >= 11 is 0. The van der Waals surface area contributed by atoms with E-state index in [0.29, 0.717) is 24.3 Å². The highest BCUT2D eigenvalue weighted by molar-refractivity contribution is 5.90. The average Bonchev–Trinajstić information content (AvgIpc) is 2.67. The maximum Gasteiger partial charge on any atom is 0.319 e. The molecule has 1 aromatic heterocycles. The first-order valence-corrected chi connectivity index (χ1v) is 8.79. The first-order valence-electron chi connectivity index (χ1n) is 8.79. The van der Waals surface area contributed by atoms with Crippen LogP contribution in [0.25, 0.3) is 0 Å². The quantitative estimate of drug-likeness (QED) is 0.897. The summed E-state index contributed by atoms with van der Waals surface area (Å²) in [7, 11) is 1.57. The number of nitrogens with zero attached hydrogens (tertiary/aromatic N) is 2. The lowest BCUT2D eigenvalue weighted by Crippen LogP contribution is -2.40. The average molecular weight is 339 g/mol. The molecule has 0 saturated heterocycles. The number of methoxy groups -OCH3 is 1. The van der Waals surface area contributed by atoms with Gasteiger partial charge in [0.1, 0.15) is 0 Å². The van der Waals surface area contributed by atoms with Gasteiger partial charge in [-0.25, -0.2) is 9.78 Å². The van der Waals surface area contributed by atoms with Gasteiger partial charge in [0.15, 0.2) is 0 Å². The first-order chi connectivity index (χ1) is 12.2. The normalized spacial score (nSPS) is 20.0. The second-order valence-electron chi connectivity index (χ2n) is 6.64. The Morgan fingerprint density at radius 3 is 2.44 bits per heavy atom. The number of ether oxygens (including phenoxy) is 1. The Hall–Kier alpha value is -2.56. The van der Waals surface area contributed by atoms with Crippen LogP contribution < -0.4 is 15.4 Å². The van der Waals surface area contributed by atoms with E-state index in [0.717, 1.165) is 31.4 Å². The summed E-state index contributed by atoms with van der Waals surface area (Å²) in [5, 5.41) is 0. The molecule has 3 rings (SSSR count). The highest BCUT2D eigenvalue weighted by atomic mass is 16.5. The van der Waals surface area contributed by atoms with Gasteiger partial charge in [-0.2, -0.15) is 0 Å². The van der Waals surface area contributed by atoms with Crippen LogP contribution in [0.5, 0.6) is 5.88 Å².